The van der Waals surface area contributed by atoms with Crippen molar-refractivity contribution in [3.05, 3.63) is 52.7 Å². The molecule has 0 N–H and O–H groups in total. The van der Waals surface area contributed by atoms with Crippen molar-refractivity contribution >= 4 is 33.3 Å². The number of nitrogens with zero attached hydrogens (tertiary/aromatic N) is 5. The second-order valence-corrected chi connectivity index (χ2v) is 10.7. The lowest BCUT2D eigenvalue weighted by molar-refractivity contribution is 0.0187. The van der Waals surface area contributed by atoms with Gasteiger partial charge in [-0.15, -0.1) is 11.3 Å². The van der Waals surface area contributed by atoms with Crippen molar-refractivity contribution < 1.29 is 13.9 Å². The Morgan fingerprint density at radius 3 is 2.65 bits per heavy atom. The molecule has 0 bridgehead atoms. The third kappa shape index (κ3) is 4.18. The van der Waals surface area contributed by atoms with Crippen LogP contribution in [0.5, 0.6) is 0 Å². The van der Waals surface area contributed by atoms with Gasteiger partial charge in [0.15, 0.2) is 11.5 Å². The Hall–Kier alpha value is -3.27. The molecule has 0 saturated carbocycles. The molecule has 0 radical (unpaired) electrons. The highest BCUT2D eigenvalue weighted by Gasteiger charge is 2.28. The molecule has 1 aliphatic rings. The van der Waals surface area contributed by atoms with E-state index in [2.05, 4.69) is 9.97 Å². The first-order valence-electron chi connectivity index (χ1n) is 11.2. The summed E-state index contributed by atoms with van der Waals surface area (Å²) >= 11 is 1.31. The molecule has 1 amide bonds. The molecule has 0 aliphatic carbocycles. The summed E-state index contributed by atoms with van der Waals surface area (Å²) in [5.74, 6) is -0.412. The van der Waals surface area contributed by atoms with E-state index in [4.69, 9.17) is 4.74 Å². The SMILES string of the molecule is Cc1cn2cc(-c3cc4ncn(C5CCN(C(=O)OC(C)(C)C)CC5)c(=O)c4s3)cc(F)c2n1. The summed E-state index contributed by atoms with van der Waals surface area (Å²) in [5, 5.41) is 0. The number of amides is 1. The van der Waals surface area contributed by atoms with E-state index in [1.54, 1.807) is 26.4 Å². The maximum Gasteiger partial charge on any atom is 0.410 e. The molecule has 8 nitrogen and oxygen atoms in total. The molecule has 1 fully saturated rings. The highest BCUT2D eigenvalue weighted by atomic mass is 32.1. The molecule has 10 heteroatoms. The van der Waals surface area contributed by atoms with Gasteiger partial charge in [0.2, 0.25) is 0 Å². The zero-order valence-electron chi connectivity index (χ0n) is 19.5. The number of hydrogen-bond acceptors (Lipinski definition) is 6. The van der Waals surface area contributed by atoms with Crippen LogP contribution in [-0.2, 0) is 4.74 Å². The normalized spacial score (nSPS) is 15.4. The first-order valence-corrected chi connectivity index (χ1v) is 12.0. The molecule has 34 heavy (non-hydrogen) atoms. The molecule has 0 unspecified atom stereocenters. The van der Waals surface area contributed by atoms with E-state index in [1.807, 2.05) is 40.0 Å². The smallest absolute Gasteiger partial charge is 0.410 e. The minimum atomic E-state index is -0.541. The topological polar surface area (TPSA) is 81.7 Å². The number of halogens is 1. The van der Waals surface area contributed by atoms with E-state index in [0.29, 0.717) is 41.7 Å². The lowest BCUT2D eigenvalue weighted by atomic mass is 10.1. The van der Waals surface area contributed by atoms with Crippen molar-refractivity contribution in [2.24, 2.45) is 0 Å². The first-order chi connectivity index (χ1) is 16.1. The fraction of sp³-hybridized carbons (Fsp3) is 0.417. The maximum absolute atomic E-state index is 14.6. The van der Waals surface area contributed by atoms with Gasteiger partial charge in [0.25, 0.3) is 5.56 Å². The van der Waals surface area contributed by atoms with Gasteiger partial charge in [-0.1, -0.05) is 0 Å². The molecule has 5 heterocycles. The van der Waals surface area contributed by atoms with Gasteiger partial charge in [-0.25, -0.2) is 19.2 Å². The molecule has 0 atom stereocenters. The summed E-state index contributed by atoms with van der Waals surface area (Å²) in [4.78, 5) is 36.8. The Labute approximate surface area is 199 Å². The first kappa shape index (κ1) is 22.5. The number of aryl methyl sites for hydroxylation is 1. The van der Waals surface area contributed by atoms with E-state index in [9.17, 15) is 14.0 Å². The molecular weight excluding hydrogens is 457 g/mol. The van der Waals surface area contributed by atoms with E-state index >= 15 is 0 Å². The number of rotatable bonds is 2. The molecule has 1 aliphatic heterocycles. The summed E-state index contributed by atoms with van der Waals surface area (Å²) in [6.07, 6.45) is 6.13. The quantitative estimate of drug-likeness (QED) is 0.409. The van der Waals surface area contributed by atoms with Crippen LogP contribution in [0.2, 0.25) is 0 Å². The van der Waals surface area contributed by atoms with Gasteiger partial charge in [0, 0.05) is 42.0 Å². The average molecular weight is 484 g/mol. The van der Waals surface area contributed by atoms with E-state index in [1.165, 1.54) is 17.4 Å². The van der Waals surface area contributed by atoms with Crippen molar-refractivity contribution in [2.45, 2.75) is 52.2 Å². The largest absolute Gasteiger partial charge is 0.444 e. The fourth-order valence-electron chi connectivity index (χ4n) is 4.29. The van der Waals surface area contributed by atoms with Crippen LogP contribution in [0.3, 0.4) is 0 Å². The maximum atomic E-state index is 14.6. The predicted octanol–water partition coefficient (Wildman–Crippen LogP) is 4.79. The Kier molecular flexibility index (Phi) is 5.43. The molecule has 5 rings (SSSR count). The number of pyridine rings is 1. The van der Waals surface area contributed by atoms with Gasteiger partial charge in [-0.3, -0.25) is 9.36 Å². The Balaban J connectivity index is 1.40. The third-order valence-corrected chi connectivity index (χ3v) is 7.04. The Morgan fingerprint density at radius 1 is 1.21 bits per heavy atom. The molecule has 4 aromatic heterocycles. The number of ether oxygens (including phenoxy) is 1. The molecule has 178 valence electrons. The summed E-state index contributed by atoms with van der Waals surface area (Å²) < 4.78 is 23.9. The Bertz CT molecular complexity index is 1460. The number of hydrogen-bond donors (Lipinski definition) is 0. The van der Waals surface area contributed by atoms with E-state index in [0.717, 1.165) is 10.6 Å². The van der Waals surface area contributed by atoms with Gasteiger partial charge in [0.05, 0.1) is 17.5 Å². The van der Waals surface area contributed by atoms with Crippen molar-refractivity contribution in [2.75, 3.05) is 13.1 Å². The van der Waals surface area contributed by atoms with Crippen molar-refractivity contribution in [1.82, 2.24) is 23.8 Å². The molecule has 0 spiro atoms. The third-order valence-electron chi connectivity index (χ3n) is 5.88. The van der Waals surface area contributed by atoms with Crippen LogP contribution in [0.15, 0.2) is 35.6 Å². The number of aromatic nitrogens is 4. The molecule has 0 aromatic carbocycles. The second-order valence-electron chi connectivity index (χ2n) is 9.67. The average Bonchev–Trinajstić information content (AvgIpc) is 3.37. The van der Waals surface area contributed by atoms with Crippen LogP contribution in [0.1, 0.15) is 45.3 Å². The van der Waals surface area contributed by atoms with E-state index in [-0.39, 0.29) is 23.3 Å². The van der Waals surface area contributed by atoms with Crippen LogP contribution in [0, 0.1) is 12.7 Å². The van der Waals surface area contributed by atoms with Gasteiger partial charge >= 0.3 is 6.09 Å². The number of piperidine rings is 1. The lowest BCUT2D eigenvalue weighted by Gasteiger charge is -2.33. The number of imidazole rings is 1. The van der Waals surface area contributed by atoms with Crippen LogP contribution in [0.4, 0.5) is 9.18 Å². The number of carbonyl (C=O) groups excluding carboxylic acids is 1. The minimum absolute atomic E-state index is 0.0450. The van der Waals surface area contributed by atoms with Crippen molar-refractivity contribution in [3.63, 3.8) is 0 Å². The van der Waals surface area contributed by atoms with Crippen molar-refractivity contribution in [3.8, 4) is 10.4 Å². The predicted molar refractivity (Wildman–Crippen MR) is 129 cm³/mol. The van der Waals surface area contributed by atoms with E-state index < -0.39 is 11.4 Å². The van der Waals surface area contributed by atoms with Crippen LogP contribution in [0.25, 0.3) is 26.3 Å². The van der Waals surface area contributed by atoms with Crippen LogP contribution >= 0.6 is 11.3 Å². The van der Waals surface area contributed by atoms with Gasteiger partial charge in [0.1, 0.15) is 10.3 Å². The van der Waals surface area contributed by atoms with Gasteiger partial charge < -0.3 is 14.0 Å². The summed E-state index contributed by atoms with van der Waals surface area (Å²) in [6.45, 7) is 8.38. The molecule has 1 saturated heterocycles. The van der Waals surface area contributed by atoms with Crippen molar-refractivity contribution in [1.29, 1.82) is 0 Å². The molecule has 4 aromatic rings. The minimum Gasteiger partial charge on any atom is -0.444 e. The number of likely N-dealkylation sites (tertiary alicyclic amines) is 1. The molecular formula is C24H26FN5O3S. The van der Waals surface area contributed by atoms with Crippen LogP contribution < -0.4 is 5.56 Å². The highest BCUT2D eigenvalue weighted by Crippen LogP contribution is 2.32. The van der Waals surface area contributed by atoms with Gasteiger partial charge in [-0.05, 0) is 52.7 Å². The summed E-state index contributed by atoms with van der Waals surface area (Å²) in [5.41, 5.74) is 1.62. The Morgan fingerprint density at radius 2 is 1.94 bits per heavy atom. The highest BCUT2D eigenvalue weighted by molar-refractivity contribution is 7.22. The monoisotopic (exact) mass is 483 g/mol. The lowest BCUT2D eigenvalue weighted by Crippen LogP contribution is -2.43. The standard InChI is InChI=1S/C24H26FN5O3S/c1-14-11-29-12-15(9-17(25)21(29)27-14)19-10-18-20(34-19)22(31)30(13-26-18)16-5-7-28(8-6-16)23(32)33-24(2,3)4/h9-13,16H,5-8H2,1-4H3. The van der Waals surface area contributed by atoms with Crippen LogP contribution in [-0.4, -0.2) is 48.6 Å². The summed E-state index contributed by atoms with van der Waals surface area (Å²) in [6, 6.07) is 3.22. The zero-order chi connectivity index (χ0) is 24.2. The summed E-state index contributed by atoms with van der Waals surface area (Å²) in [7, 11) is 0. The van der Waals surface area contributed by atoms with Gasteiger partial charge in [-0.2, -0.15) is 0 Å². The number of carbonyl (C=O) groups is 1. The fourth-order valence-corrected chi connectivity index (χ4v) is 5.32. The number of thiophene rings is 1. The second kappa shape index (κ2) is 8.19. The zero-order valence-corrected chi connectivity index (χ0v) is 20.4. The number of fused-ring (bicyclic) bond motifs is 2.